The van der Waals surface area contributed by atoms with E-state index in [1.807, 2.05) is 0 Å². The highest BCUT2D eigenvalue weighted by molar-refractivity contribution is 5.87. The zero-order valence-corrected chi connectivity index (χ0v) is 10.3. The highest BCUT2D eigenvalue weighted by atomic mass is 16.5. The molecule has 18 heavy (non-hydrogen) atoms. The number of hydrogen-bond acceptors (Lipinski definition) is 4. The fraction of sp³-hybridized carbons (Fsp3) is 0.333. The number of aromatic nitrogens is 3. The van der Waals surface area contributed by atoms with Crippen LogP contribution in [0.15, 0.2) is 24.5 Å². The average Bonchev–Trinajstić information content (AvgIpc) is 2.95. The number of rotatable bonds is 4. The van der Waals surface area contributed by atoms with Crippen molar-refractivity contribution in [1.82, 2.24) is 14.3 Å². The Labute approximate surface area is 104 Å². The van der Waals surface area contributed by atoms with E-state index >= 15 is 0 Å². The Morgan fingerprint density at radius 3 is 2.94 bits per heavy atom. The van der Waals surface area contributed by atoms with Crippen molar-refractivity contribution >= 4 is 5.97 Å². The van der Waals surface area contributed by atoms with Gasteiger partial charge in [-0.05, 0) is 18.6 Å². The van der Waals surface area contributed by atoms with Gasteiger partial charge in [0.05, 0.1) is 13.2 Å². The molecule has 96 valence electrons. The van der Waals surface area contributed by atoms with Crippen LogP contribution in [0, 0.1) is 0 Å². The summed E-state index contributed by atoms with van der Waals surface area (Å²) in [6.07, 6.45) is 3.59. The molecule has 0 saturated heterocycles. The fourth-order valence-electron chi connectivity index (χ4n) is 1.68. The first kappa shape index (κ1) is 12.4. The zero-order chi connectivity index (χ0) is 13.1. The van der Waals surface area contributed by atoms with Crippen LogP contribution in [0.4, 0.5) is 0 Å². The number of aliphatic hydroxyl groups is 1. The molecular formula is C12H15N3O3. The molecule has 2 rings (SSSR count). The lowest BCUT2D eigenvalue weighted by Crippen LogP contribution is -2.06. The molecule has 0 aliphatic carbocycles. The molecule has 0 aliphatic rings. The second-order valence-corrected chi connectivity index (χ2v) is 3.82. The zero-order valence-electron chi connectivity index (χ0n) is 10.3. The predicted octanol–water partition coefficient (Wildman–Crippen LogP) is 0.880. The standard InChI is InChI=1S/C12H15N3O3/c1-3-18-12(17)10-6-11(14(2)13-10)15-5-4-9(7-15)8-16/h4-7,16H,3,8H2,1-2H3. The minimum Gasteiger partial charge on any atom is -0.461 e. The minimum atomic E-state index is -0.436. The first-order valence-electron chi connectivity index (χ1n) is 5.65. The SMILES string of the molecule is CCOC(=O)c1cc(-n2ccc(CO)c2)n(C)n1. The van der Waals surface area contributed by atoms with E-state index in [1.165, 1.54) is 0 Å². The number of nitrogens with zero attached hydrogens (tertiary/aromatic N) is 3. The van der Waals surface area contributed by atoms with Gasteiger partial charge in [0.1, 0.15) is 5.82 Å². The van der Waals surface area contributed by atoms with Gasteiger partial charge in [-0.25, -0.2) is 4.79 Å². The number of ether oxygens (including phenoxy) is 1. The van der Waals surface area contributed by atoms with E-state index in [4.69, 9.17) is 9.84 Å². The molecule has 1 N–H and O–H groups in total. The molecule has 2 aromatic rings. The molecule has 0 atom stereocenters. The normalized spacial score (nSPS) is 10.6. The second-order valence-electron chi connectivity index (χ2n) is 3.82. The van der Waals surface area contributed by atoms with Crippen LogP contribution in [-0.4, -0.2) is 32.0 Å². The Morgan fingerprint density at radius 1 is 1.56 bits per heavy atom. The lowest BCUT2D eigenvalue weighted by Gasteiger charge is -2.01. The van der Waals surface area contributed by atoms with Gasteiger partial charge in [0.25, 0.3) is 0 Å². The number of aliphatic hydroxyl groups excluding tert-OH is 1. The molecule has 0 aromatic carbocycles. The van der Waals surface area contributed by atoms with Gasteiger partial charge in [-0.2, -0.15) is 5.10 Å². The van der Waals surface area contributed by atoms with E-state index in [2.05, 4.69) is 5.10 Å². The van der Waals surface area contributed by atoms with Crippen LogP contribution in [0.5, 0.6) is 0 Å². The molecule has 0 unspecified atom stereocenters. The molecule has 6 heteroatoms. The van der Waals surface area contributed by atoms with E-state index in [0.29, 0.717) is 6.61 Å². The molecule has 0 saturated carbocycles. The lowest BCUT2D eigenvalue weighted by atomic mass is 10.4. The van der Waals surface area contributed by atoms with Crippen molar-refractivity contribution in [2.45, 2.75) is 13.5 Å². The van der Waals surface area contributed by atoms with Crippen molar-refractivity contribution in [3.05, 3.63) is 35.8 Å². The van der Waals surface area contributed by atoms with Crippen LogP contribution in [0.1, 0.15) is 23.0 Å². The molecule has 2 aromatic heterocycles. The van der Waals surface area contributed by atoms with Gasteiger partial charge >= 0.3 is 5.97 Å². The van der Waals surface area contributed by atoms with Gasteiger partial charge < -0.3 is 14.4 Å². The molecular weight excluding hydrogens is 234 g/mol. The summed E-state index contributed by atoms with van der Waals surface area (Å²) < 4.78 is 8.28. The minimum absolute atomic E-state index is 0.0183. The van der Waals surface area contributed by atoms with Crippen LogP contribution in [0.2, 0.25) is 0 Å². The molecule has 0 fully saturated rings. The summed E-state index contributed by atoms with van der Waals surface area (Å²) in [6.45, 7) is 2.06. The van der Waals surface area contributed by atoms with Crippen LogP contribution < -0.4 is 0 Å². The van der Waals surface area contributed by atoms with Crippen LogP contribution in [0.25, 0.3) is 5.82 Å². The molecule has 0 bridgehead atoms. The highest BCUT2D eigenvalue weighted by Gasteiger charge is 2.14. The summed E-state index contributed by atoms with van der Waals surface area (Å²) in [6, 6.07) is 3.45. The van der Waals surface area contributed by atoms with Crippen molar-refractivity contribution in [3.8, 4) is 5.82 Å². The smallest absolute Gasteiger partial charge is 0.358 e. The summed E-state index contributed by atoms with van der Waals surface area (Å²) >= 11 is 0. The predicted molar refractivity (Wildman–Crippen MR) is 64.4 cm³/mol. The average molecular weight is 249 g/mol. The monoisotopic (exact) mass is 249 g/mol. The number of carbonyl (C=O) groups is 1. The summed E-state index contributed by atoms with van der Waals surface area (Å²) in [7, 11) is 1.75. The number of esters is 1. The quantitative estimate of drug-likeness (QED) is 0.817. The first-order valence-corrected chi connectivity index (χ1v) is 5.65. The van der Waals surface area contributed by atoms with Gasteiger partial charge in [0.2, 0.25) is 0 Å². The Morgan fingerprint density at radius 2 is 2.33 bits per heavy atom. The van der Waals surface area contributed by atoms with E-state index < -0.39 is 5.97 Å². The third-order valence-electron chi connectivity index (χ3n) is 2.54. The van der Waals surface area contributed by atoms with E-state index in [1.54, 1.807) is 47.7 Å². The fourth-order valence-corrected chi connectivity index (χ4v) is 1.68. The number of aryl methyl sites for hydroxylation is 1. The Bertz CT molecular complexity index is 557. The molecule has 0 spiro atoms. The van der Waals surface area contributed by atoms with Crippen molar-refractivity contribution in [2.75, 3.05) is 6.61 Å². The molecule has 2 heterocycles. The van der Waals surface area contributed by atoms with Gasteiger partial charge in [-0.15, -0.1) is 0 Å². The molecule has 0 radical (unpaired) electrons. The third-order valence-corrected chi connectivity index (χ3v) is 2.54. The summed E-state index contributed by atoms with van der Waals surface area (Å²) in [5.74, 6) is 0.298. The lowest BCUT2D eigenvalue weighted by molar-refractivity contribution is 0.0518. The van der Waals surface area contributed by atoms with Gasteiger partial charge in [0, 0.05) is 25.5 Å². The van der Waals surface area contributed by atoms with Crippen LogP contribution in [0.3, 0.4) is 0 Å². The summed E-state index contributed by atoms with van der Waals surface area (Å²) in [5, 5.41) is 13.1. The second kappa shape index (κ2) is 5.05. The molecule has 6 nitrogen and oxygen atoms in total. The maximum atomic E-state index is 11.6. The maximum absolute atomic E-state index is 11.6. The Kier molecular flexibility index (Phi) is 3.47. The first-order chi connectivity index (χ1) is 8.65. The topological polar surface area (TPSA) is 69.3 Å². The van der Waals surface area contributed by atoms with Crippen molar-refractivity contribution < 1.29 is 14.6 Å². The number of hydrogen-bond donors (Lipinski definition) is 1. The van der Waals surface area contributed by atoms with Crippen molar-refractivity contribution in [1.29, 1.82) is 0 Å². The summed E-state index contributed by atoms with van der Waals surface area (Å²) in [4.78, 5) is 11.6. The van der Waals surface area contributed by atoms with Gasteiger partial charge in [-0.3, -0.25) is 4.68 Å². The Hall–Kier alpha value is -2.08. The van der Waals surface area contributed by atoms with Gasteiger partial charge in [-0.1, -0.05) is 0 Å². The third kappa shape index (κ3) is 2.28. The molecule has 0 aliphatic heterocycles. The summed E-state index contributed by atoms with van der Waals surface area (Å²) in [5.41, 5.74) is 1.07. The van der Waals surface area contributed by atoms with Crippen LogP contribution in [-0.2, 0) is 18.4 Å². The van der Waals surface area contributed by atoms with E-state index in [9.17, 15) is 4.79 Å². The van der Waals surface area contributed by atoms with Gasteiger partial charge in [0.15, 0.2) is 5.69 Å². The van der Waals surface area contributed by atoms with Crippen molar-refractivity contribution in [3.63, 3.8) is 0 Å². The number of carbonyl (C=O) groups excluding carboxylic acids is 1. The van der Waals surface area contributed by atoms with Crippen LogP contribution >= 0.6 is 0 Å². The largest absolute Gasteiger partial charge is 0.461 e. The van der Waals surface area contributed by atoms with E-state index in [0.717, 1.165) is 11.4 Å². The Balaban J connectivity index is 2.31. The molecule has 0 amide bonds. The maximum Gasteiger partial charge on any atom is 0.358 e. The highest BCUT2D eigenvalue weighted by Crippen LogP contribution is 2.12. The van der Waals surface area contributed by atoms with E-state index in [-0.39, 0.29) is 12.3 Å². The van der Waals surface area contributed by atoms with Crippen molar-refractivity contribution in [2.24, 2.45) is 7.05 Å².